The van der Waals surface area contributed by atoms with Crippen molar-refractivity contribution in [2.75, 3.05) is 32.8 Å². The van der Waals surface area contributed by atoms with E-state index in [4.69, 9.17) is 4.74 Å². The fraction of sp³-hybridized carbons (Fsp3) is 1.00. The van der Waals surface area contributed by atoms with Crippen molar-refractivity contribution in [2.45, 2.75) is 45.3 Å². The van der Waals surface area contributed by atoms with E-state index in [9.17, 15) is 0 Å². The number of hydrogen-bond donors (Lipinski definition) is 1. The van der Waals surface area contributed by atoms with Crippen molar-refractivity contribution in [3.63, 3.8) is 0 Å². The number of ether oxygens (including phenoxy) is 1. The molecular weight excluding hydrogens is 200 g/mol. The Kier molecular flexibility index (Phi) is 4.62. The van der Waals surface area contributed by atoms with Gasteiger partial charge in [-0.15, -0.1) is 0 Å². The maximum absolute atomic E-state index is 5.55. The molecule has 2 fully saturated rings. The van der Waals surface area contributed by atoms with Gasteiger partial charge in [0.2, 0.25) is 0 Å². The predicted octanol–water partition coefficient (Wildman–Crippen LogP) is 1.49. The highest BCUT2D eigenvalue weighted by Gasteiger charge is 2.23. The van der Waals surface area contributed by atoms with Crippen molar-refractivity contribution in [1.29, 1.82) is 0 Å². The normalized spacial score (nSPS) is 36.8. The van der Waals surface area contributed by atoms with Gasteiger partial charge in [0.25, 0.3) is 0 Å². The fourth-order valence-corrected chi connectivity index (χ4v) is 2.90. The van der Waals surface area contributed by atoms with Gasteiger partial charge in [0, 0.05) is 32.3 Å². The van der Waals surface area contributed by atoms with Crippen LogP contribution in [0.2, 0.25) is 0 Å². The number of nitrogens with one attached hydrogen (secondary N) is 1. The molecular formula is C13H26N2O. The molecule has 2 aliphatic heterocycles. The first-order valence-corrected chi connectivity index (χ1v) is 6.83. The van der Waals surface area contributed by atoms with Gasteiger partial charge in [0.1, 0.15) is 0 Å². The van der Waals surface area contributed by atoms with E-state index in [1.54, 1.807) is 0 Å². The van der Waals surface area contributed by atoms with Gasteiger partial charge in [0.15, 0.2) is 0 Å². The first-order valence-electron chi connectivity index (χ1n) is 6.83. The van der Waals surface area contributed by atoms with Gasteiger partial charge < -0.3 is 15.0 Å². The van der Waals surface area contributed by atoms with Crippen molar-refractivity contribution in [1.82, 2.24) is 10.2 Å². The van der Waals surface area contributed by atoms with Crippen molar-refractivity contribution in [2.24, 2.45) is 5.92 Å². The lowest BCUT2D eigenvalue weighted by molar-refractivity contribution is 0.111. The predicted molar refractivity (Wildman–Crippen MR) is 66.7 cm³/mol. The Labute approximate surface area is 99.5 Å². The van der Waals surface area contributed by atoms with Gasteiger partial charge in [-0.3, -0.25) is 0 Å². The topological polar surface area (TPSA) is 24.5 Å². The molecule has 0 aromatic carbocycles. The molecule has 94 valence electrons. The molecule has 0 amide bonds. The number of hydrogen-bond acceptors (Lipinski definition) is 3. The van der Waals surface area contributed by atoms with Crippen LogP contribution < -0.4 is 5.32 Å². The van der Waals surface area contributed by atoms with Gasteiger partial charge in [-0.05, 0) is 38.6 Å². The van der Waals surface area contributed by atoms with Gasteiger partial charge in [0.05, 0.1) is 6.10 Å². The molecule has 0 aromatic heterocycles. The highest BCUT2D eigenvalue weighted by molar-refractivity contribution is 4.80. The number of piperidine rings is 1. The summed E-state index contributed by atoms with van der Waals surface area (Å²) in [6.07, 6.45) is 4.37. The van der Waals surface area contributed by atoms with Crippen LogP contribution in [0.25, 0.3) is 0 Å². The molecule has 0 aromatic rings. The van der Waals surface area contributed by atoms with Crippen molar-refractivity contribution in [3.8, 4) is 0 Å². The summed E-state index contributed by atoms with van der Waals surface area (Å²) in [7, 11) is 0. The quantitative estimate of drug-likeness (QED) is 0.786. The highest BCUT2D eigenvalue weighted by Crippen LogP contribution is 2.15. The Morgan fingerprint density at radius 1 is 1.31 bits per heavy atom. The maximum Gasteiger partial charge on any atom is 0.0700 e. The van der Waals surface area contributed by atoms with E-state index in [2.05, 4.69) is 24.1 Å². The molecule has 3 nitrogen and oxygen atoms in total. The maximum atomic E-state index is 5.55. The second kappa shape index (κ2) is 5.99. The van der Waals surface area contributed by atoms with E-state index < -0.39 is 0 Å². The van der Waals surface area contributed by atoms with Crippen LogP contribution in [-0.4, -0.2) is 49.8 Å². The van der Waals surface area contributed by atoms with Gasteiger partial charge in [-0.25, -0.2) is 0 Å². The zero-order valence-corrected chi connectivity index (χ0v) is 10.7. The molecule has 2 saturated heterocycles. The van der Waals surface area contributed by atoms with Crippen LogP contribution in [0.15, 0.2) is 0 Å². The molecule has 0 saturated carbocycles. The molecule has 2 aliphatic rings. The average molecular weight is 226 g/mol. The first-order chi connectivity index (χ1) is 7.75. The third-order valence-electron chi connectivity index (χ3n) is 3.95. The van der Waals surface area contributed by atoms with E-state index in [-0.39, 0.29) is 0 Å². The summed E-state index contributed by atoms with van der Waals surface area (Å²) in [4.78, 5) is 2.60. The Hall–Kier alpha value is -0.120. The molecule has 16 heavy (non-hydrogen) atoms. The van der Waals surface area contributed by atoms with E-state index in [1.807, 2.05) is 0 Å². The first kappa shape index (κ1) is 12.3. The Morgan fingerprint density at radius 2 is 2.19 bits per heavy atom. The summed E-state index contributed by atoms with van der Waals surface area (Å²) in [6, 6.07) is 0.585. The minimum atomic E-state index is 0.403. The van der Waals surface area contributed by atoms with Gasteiger partial charge in [-0.2, -0.15) is 0 Å². The van der Waals surface area contributed by atoms with Gasteiger partial charge >= 0.3 is 0 Å². The molecule has 0 aliphatic carbocycles. The van der Waals surface area contributed by atoms with E-state index in [1.165, 1.54) is 38.9 Å². The molecule has 3 atom stereocenters. The molecule has 2 rings (SSSR count). The minimum absolute atomic E-state index is 0.403. The van der Waals surface area contributed by atoms with Crippen molar-refractivity contribution in [3.05, 3.63) is 0 Å². The second-order valence-electron chi connectivity index (χ2n) is 5.47. The summed E-state index contributed by atoms with van der Waals surface area (Å²) in [6.45, 7) is 10.4. The fourth-order valence-electron chi connectivity index (χ4n) is 2.90. The van der Waals surface area contributed by atoms with Crippen molar-refractivity contribution >= 4 is 0 Å². The average Bonchev–Trinajstić information content (AvgIpc) is 2.65. The molecule has 0 spiro atoms. The highest BCUT2D eigenvalue weighted by atomic mass is 16.5. The summed E-state index contributed by atoms with van der Waals surface area (Å²) < 4.78 is 5.55. The van der Waals surface area contributed by atoms with Crippen LogP contribution in [0.3, 0.4) is 0 Å². The molecule has 2 heterocycles. The summed E-state index contributed by atoms with van der Waals surface area (Å²) in [5.41, 5.74) is 0. The lowest BCUT2D eigenvalue weighted by Crippen LogP contribution is -2.42. The van der Waals surface area contributed by atoms with E-state index in [0.29, 0.717) is 12.1 Å². The van der Waals surface area contributed by atoms with Crippen LogP contribution in [0.1, 0.15) is 33.1 Å². The van der Waals surface area contributed by atoms with Crippen LogP contribution in [-0.2, 0) is 4.74 Å². The van der Waals surface area contributed by atoms with E-state index in [0.717, 1.165) is 19.1 Å². The smallest absolute Gasteiger partial charge is 0.0700 e. The zero-order valence-electron chi connectivity index (χ0n) is 10.7. The monoisotopic (exact) mass is 226 g/mol. The zero-order chi connectivity index (χ0) is 11.4. The molecule has 3 unspecified atom stereocenters. The number of rotatable bonds is 4. The largest absolute Gasteiger partial charge is 0.377 e. The summed E-state index contributed by atoms with van der Waals surface area (Å²) >= 11 is 0. The molecule has 1 N–H and O–H groups in total. The Balaban J connectivity index is 1.60. The third kappa shape index (κ3) is 3.44. The SMILES string of the molecule is CC1CCCN(CCNC2CCOC2C)C1. The molecule has 0 bridgehead atoms. The van der Waals surface area contributed by atoms with Crippen molar-refractivity contribution < 1.29 is 4.74 Å². The van der Waals surface area contributed by atoms with Crippen LogP contribution in [0.4, 0.5) is 0 Å². The lowest BCUT2D eigenvalue weighted by atomic mass is 10.0. The van der Waals surface area contributed by atoms with E-state index >= 15 is 0 Å². The van der Waals surface area contributed by atoms with Crippen LogP contribution in [0.5, 0.6) is 0 Å². The third-order valence-corrected chi connectivity index (χ3v) is 3.95. The number of nitrogens with zero attached hydrogens (tertiary/aromatic N) is 1. The van der Waals surface area contributed by atoms with Gasteiger partial charge in [-0.1, -0.05) is 6.92 Å². The Morgan fingerprint density at radius 3 is 2.88 bits per heavy atom. The molecule has 3 heteroatoms. The summed E-state index contributed by atoms with van der Waals surface area (Å²) in [5, 5.41) is 3.63. The number of likely N-dealkylation sites (tertiary alicyclic amines) is 1. The lowest BCUT2D eigenvalue weighted by Gasteiger charge is -2.31. The Bertz CT molecular complexity index is 210. The minimum Gasteiger partial charge on any atom is -0.377 e. The molecule has 0 radical (unpaired) electrons. The van der Waals surface area contributed by atoms with Crippen LogP contribution >= 0.6 is 0 Å². The summed E-state index contributed by atoms with van der Waals surface area (Å²) in [5.74, 6) is 0.891. The standard InChI is InChI=1S/C13H26N2O/c1-11-4-3-7-15(10-11)8-6-14-13-5-9-16-12(13)2/h11-14H,3-10H2,1-2H3. The van der Waals surface area contributed by atoms with Crippen LogP contribution in [0, 0.1) is 5.92 Å². The second-order valence-corrected chi connectivity index (χ2v) is 5.47.